The van der Waals surface area contributed by atoms with Crippen LogP contribution in [0.5, 0.6) is 0 Å². The van der Waals surface area contributed by atoms with Crippen LogP contribution in [0.4, 0.5) is 4.79 Å². The largest absolute Gasteiger partial charge is 0.448 e. The molecule has 2 aliphatic heterocycles. The third-order valence-corrected chi connectivity index (χ3v) is 7.45. The summed E-state index contributed by atoms with van der Waals surface area (Å²) >= 11 is 0. The zero-order valence-corrected chi connectivity index (χ0v) is 18.5. The van der Waals surface area contributed by atoms with E-state index in [4.69, 9.17) is 4.74 Å². The molecule has 3 aromatic rings. The number of aliphatic hydroxyl groups is 1. The van der Waals surface area contributed by atoms with Gasteiger partial charge in [-0.2, -0.15) is 0 Å². The van der Waals surface area contributed by atoms with Crippen molar-refractivity contribution in [2.45, 2.75) is 43.9 Å². The maximum absolute atomic E-state index is 13.2. The Hall–Kier alpha value is -3.37. The van der Waals surface area contributed by atoms with Crippen molar-refractivity contribution in [1.82, 2.24) is 4.90 Å². The molecule has 4 heteroatoms. The van der Waals surface area contributed by atoms with Crippen molar-refractivity contribution in [2.24, 2.45) is 0 Å². The Bertz CT molecular complexity index is 1180. The average molecular weight is 438 g/mol. The van der Waals surface area contributed by atoms with Gasteiger partial charge in [0.1, 0.15) is 6.61 Å². The topological polar surface area (TPSA) is 49.8 Å². The van der Waals surface area contributed by atoms with Crippen molar-refractivity contribution in [2.75, 3.05) is 6.61 Å². The highest BCUT2D eigenvalue weighted by atomic mass is 16.6. The Labute approximate surface area is 194 Å². The Balaban J connectivity index is 1.19. The molecule has 0 saturated carbocycles. The minimum atomic E-state index is -0.199. The number of carbonyl (C=O) groups is 1. The molecule has 2 heterocycles. The van der Waals surface area contributed by atoms with Crippen LogP contribution in [0.3, 0.4) is 0 Å². The zero-order chi connectivity index (χ0) is 22.4. The number of nitrogens with zero attached hydrogens (tertiary/aromatic N) is 1. The number of fused-ring (bicyclic) bond motifs is 5. The summed E-state index contributed by atoms with van der Waals surface area (Å²) in [7, 11) is 0. The molecule has 2 bridgehead atoms. The highest BCUT2D eigenvalue weighted by molar-refractivity contribution is 5.79. The number of hydrogen-bond donors (Lipinski definition) is 1. The van der Waals surface area contributed by atoms with Gasteiger partial charge in [-0.3, -0.25) is 4.90 Å². The monoisotopic (exact) mass is 437 g/mol. The van der Waals surface area contributed by atoms with E-state index in [1.165, 1.54) is 33.4 Å². The number of rotatable bonds is 4. The fourth-order valence-electron chi connectivity index (χ4n) is 5.82. The van der Waals surface area contributed by atoms with Gasteiger partial charge in [-0.25, -0.2) is 4.79 Å². The van der Waals surface area contributed by atoms with Gasteiger partial charge in [0.05, 0.1) is 12.6 Å². The molecule has 1 saturated heterocycles. The highest BCUT2D eigenvalue weighted by Gasteiger charge is 2.41. The quantitative estimate of drug-likeness (QED) is 0.566. The van der Waals surface area contributed by atoms with E-state index < -0.39 is 0 Å². The van der Waals surface area contributed by atoms with Crippen molar-refractivity contribution >= 4 is 11.7 Å². The van der Waals surface area contributed by atoms with E-state index in [-0.39, 0.29) is 30.7 Å². The Morgan fingerprint density at radius 3 is 2.21 bits per heavy atom. The SMILES string of the molecule is O=C(OCC1c2ccccc2-c2ccccc21)N1C2C=C(c3ccc(CO)cc3)CC1CC2. The van der Waals surface area contributed by atoms with Crippen LogP contribution < -0.4 is 0 Å². The van der Waals surface area contributed by atoms with Gasteiger partial charge < -0.3 is 9.84 Å². The summed E-state index contributed by atoms with van der Waals surface area (Å²) in [5.41, 5.74) is 8.34. The minimum Gasteiger partial charge on any atom is -0.448 e. The molecular weight excluding hydrogens is 410 g/mol. The summed E-state index contributed by atoms with van der Waals surface area (Å²) in [5, 5.41) is 9.29. The van der Waals surface area contributed by atoms with Gasteiger partial charge in [0.2, 0.25) is 0 Å². The lowest BCUT2D eigenvalue weighted by Crippen LogP contribution is -2.43. The number of hydrogen-bond acceptors (Lipinski definition) is 3. The van der Waals surface area contributed by atoms with Crippen molar-refractivity contribution in [3.05, 3.63) is 101 Å². The molecule has 33 heavy (non-hydrogen) atoms. The van der Waals surface area contributed by atoms with Crippen LogP contribution in [0, 0.1) is 0 Å². The van der Waals surface area contributed by atoms with E-state index >= 15 is 0 Å². The van der Waals surface area contributed by atoms with Crippen LogP contribution >= 0.6 is 0 Å². The summed E-state index contributed by atoms with van der Waals surface area (Å²) in [6, 6.07) is 25.2. The lowest BCUT2D eigenvalue weighted by Gasteiger charge is -2.33. The molecule has 2 unspecified atom stereocenters. The van der Waals surface area contributed by atoms with Crippen molar-refractivity contribution in [3.63, 3.8) is 0 Å². The maximum Gasteiger partial charge on any atom is 0.410 e. The van der Waals surface area contributed by atoms with Crippen LogP contribution in [-0.2, 0) is 11.3 Å². The van der Waals surface area contributed by atoms with Gasteiger partial charge >= 0.3 is 6.09 Å². The Morgan fingerprint density at radius 1 is 0.909 bits per heavy atom. The van der Waals surface area contributed by atoms with E-state index in [9.17, 15) is 9.90 Å². The molecule has 6 rings (SSSR count). The van der Waals surface area contributed by atoms with Crippen molar-refractivity contribution in [3.8, 4) is 11.1 Å². The van der Waals surface area contributed by atoms with E-state index in [1.807, 2.05) is 17.0 Å². The lowest BCUT2D eigenvalue weighted by atomic mass is 9.94. The van der Waals surface area contributed by atoms with Gasteiger partial charge in [0.25, 0.3) is 0 Å². The molecule has 1 aliphatic carbocycles. The van der Waals surface area contributed by atoms with Crippen LogP contribution in [0.2, 0.25) is 0 Å². The van der Waals surface area contributed by atoms with Crippen molar-refractivity contribution < 1.29 is 14.6 Å². The smallest absolute Gasteiger partial charge is 0.410 e. The molecule has 1 fully saturated rings. The number of amides is 1. The molecule has 3 aromatic carbocycles. The molecule has 1 amide bonds. The predicted molar refractivity (Wildman–Crippen MR) is 129 cm³/mol. The standard InChI is InChI=1S/C29H27NO3/c31-17-19-9-11-20(12-10-19)21-15-22-13-14-23(16-21)30(22)29(32)33-18-28-26-7-3-1-5-24(26)25-6-2-4-8-27(25)28/h1-12,15,22-23,28,31H,13-14,16-18H2. The van der Waals surface area contributed by atoms with Gasteiger partial charge in [0.15, 0.2) is 0 Å². The first kappa shape index (κ1) is 20.3. The molecule has 0 aromatic heterocycles. The van der Waals surface area contributed by atoms with E-state index in [0.717, 1.165) is 24.8 Å². The van der Waals surface area contributed by atoms with E-state index in [0.29, 0.717) is 6.61 Å². The summed E-state index contributed by atoms with van der Waals surface area (Å²) < 4.78 is 5.96. The van der Waals surface area contributed by atoms with E-state index in [1.54, 1.807) is 0 Å². The number of ether oxygens (including phenoxy) is 1. The van der Waals surface area contributed by atoms with Gasteiger partial charge in [0, 0.05) is 12.0 Å². The summed E-state index contributed by atoms with van der Waals surface area (Å²) in [6.45, 7) is 0.419. The van der Waals surface area contributed by atoms with Crippen molar-refractivity contribution in [1.29, 1.82) is 0 Å². The van der Waals surface area contributed by atoms with Crippen LogP contribution in [0.25, 0.3) is 16.7 Å². The first-order valence-electron chi connectivity index (χ1n) is 11.8. The molecule has 0 spiro atoms. The zero-order valence-electron chi connectivity index (χ0n) is 18.5. The summed E-state index contributed by atoms with van der Waals surface area (Å²) in [4.78, 5) is 15.2. The number of aliphatic hydroxyl groups excluding tert-OH is 1. The fourth-order valence-corrected chi connectivity index (χ4v) is 5.82. The second-order valence-corrected chi connectivity index (χ2v) is 9.26. The molecule has 2 atom stereocenters. The lowest BCUT2D eigenvalue weighted by molar-refractivity contribution is 0.0866. The van der Waals surface area contributed by atoms with Crippen LogP contribution in [0.1, 0.15) is 47.4 Å². The van der Waals surface area contributed by atoms with Crippen LogP contribution in [0.15, 0.2) is 78.9 Å². The van der Waals surface area contributed by atoms with Crippen LogP contribution in [-0.4, -0.2) is 34.8 Å². The predicted octanol–water partition coefficient (Wildman–Crippen LogP) is 5.75. The molecule has 166 valence electrons. The summed E-state index contributed by atoms with van der Waals surface area (Å²) in [6.07, 6.45) is 4.87. The summed E-state index contributed by atoms with van der Waals surface area (Å²) in [5.74, 6) is 0.0833. The molecule has 4 nitrogen and oxygen atoms in total. The fraction of sp³-hybridized carbons (Fsp3) is 0.276. The normalized spacial score (nSPS) is 20.9. The average Bonchev–Trinajstić information content (AvgIpc) is 3.33. The number of carbonyl (C=O) groups excluding carboxylic acids is 1. The second-order valence-electron chi connectivity index (χ2n) is 9.26. The minimum absolute atomic E-state index is 0.0557. The third kappa shape index (κ3) is 3.46. The highest BCUT2D eigenvalue weighted by Crippen LogP contribution is 2.45. The molecule has 3 aliphatic rings. The Morgan fingerprint density at radius 2 is 1.58 bits per heavy atom. The van der Waals surface area contributed by atoms with Gasteiger partial charge in [-0.1, -0.05) is 78.9 Å². The first-order valence-corrected chi connectivity index (χ1v) is 11.8. The molecular formula is C29H27NO3. The van der Waals surface area contributed by atoms with Gasteiger partial charge in [-0.05, 0) is 58.2 Å². The third-order valence-electron chi connectivity index (χ3n) is 7.45. The molecule has 0 radical (unpaired) electrons. The van der Waals surface area contributed by atoms with Gasteiger partial charge in [-0.15, -0.1) is 0 Å². The van der Waals surface area contributed by atoms with E-state index in [2.05, 4.69) is 66.7 Å². The first-order chi connectivity index (χ1) is 16.2. The molecule has 1 N–H and O–H groups in total. The maximum atomic E-state index is 13.2. The second kappa shape index (κ2) is 8.20. The number of benzene rings is 3. The Kier molecular flexibility index (Phi) is 5.03.